The van der Waals surface area contributed by atoms with Crippen LogP contribution in [0.4, 0.5) is 0 Å². The first-order valence-electron chi connectivity index (χ1n) is 10.4. The number of hydrogen-bond acceptors (Lipinski definition) is 4. The number of rotatable bonds is 2. The molecule has 166 valence electrons. The molecule has 1 saturated heterocycles. The second-order valence-corrected chi connectivity index (χ2v) is 8.15. The van der Waals surface area contributed by atoms with Gasteiger partial charge < -0.3 is 19.8 Å². The standard InChI is InChI=1S/C23H24N6O2.ClH/c1-13-12-28(22(30)16-6-4-8-18-20(16)26-14(2)24-18)10-11-29(13)23(31)17-7-5-9-19-21(17)27-15(3)25-19;/h4-9,13H,10-12H2,1-3H3,(H,24,26)(H,25,27);1H/t13-;/m0./s1. The second-order valence-electron chi connectivity index (χ2n) is 8.15. The Morgan fingerprint density at radius 1 is 0.875 bits per heavy atom. The number of para-hydroxylation sites is 2. The third-order valence-corrected chi connectivity index (χ3v) is 5.90. The molecule has 2 N–H and O–H groups in total. The Kier molecular flexibility index (Phi) is 5.64. The van der Waals surface area contributed by atoms with Crippen molar-refractivity contribution in [1.82, 2.24) is 29.7 Å². The van der Waals surface area contributed by atoms with Crippen LogP contribution in [0.1, 0.15) is 39.3 Å². The van der Waals surface area contributed by atoms with Gasteiger partial charge in [0, 0.05) is 25.7 Å². The number of benzene rings is 2. The SMILES string of the molecule is Cc1nc2c(C(=O)N3CCN(C(=O)c4cccc5[nH]c(C)nc45)[C@@H](C)C3)cccc2[nH]1.Cl. The summed E-state index contributed by atoms with van der Waals surface area (Å²) in [5.41, 5.74) is 4.27. The molecule has 0 unspecified atom stereocenters. The number of halogens is 1. The van der Waals surface area contributed by atoms with Crippen LogP contribution in [0.15, 0.2) is 36.4 Å². The molecule has 0 aliphatic carbocycles. The molecule has 5 rings (SSSR count). The topological polar surface area (TPSA) is 98.0 Å². The van der Waals surface area contributed by atoms with Crippen molar-refractivity contribution in [3.8, 4) is 0 Å². The summed E-state index contributed by atoms with van der Waals surface area (Å²) in [5.74, 6) is 1.45. The lowest BCUT2D eigenvalue weighted by Gasteiger charge is -2.40. The summed E-state index contributed by atoms with van der Waals surface area (Å²) >= 11 is 0. The van der Waals surface area contributed by atoms with Gasteiger partial charge in [-0.25, -0.2) is 9.97 Å². The van der Waals surface area contributed by atoms with Crippen molar-refractivity contribution >= 4 is 46.3 Å². The fraction of sp³-hybridized carbons (Fsp3) is 0.304. The van der Waals surface area contributed by atoms with Crippen LogP contribution in [0, 0.1) is 13.8 Å². The number of aromatic nitrogens is 4. The number of imidazole rings is 2. The number of H-pyrrole nitrogens is 2. The minimum Gasteiger partial charge on any atom is -0.342 e. The molecular formula is C23H25ClN6O2. The van der Waals surface area contributed by atoms with Gasteiger partial charge in [0.1, 0.15) is 22.7 Å². The van der Waals surface area contributed by atoms with Crippen LogP contribution in [-0.4, -0.2) is 67.2 Å². The smallest absolute Gasteiger partial charge is 0.256 e. The summed E-state index contributed by atoms with van der Waals surface area (Å²) < 4.78 is 0. The van der Waals surface area contributed by atoms with E-state index in [2.05, 4.69) is 19.9 Å². The lowest BCUT2D eigenvalue weighted by atomic mass is 10.1. The van der Waals surface area contributed by atoms with Crippen molar-refractivity contribution in [3.63, 3.8) is 0 Å². The van der Waals surface area contributed by atoms with Crippen LogP contribution in [0.3, 0.4) is 0 Å². The molecule has 0 spiro atoms. The molecule has 9 heteroatoms. The molecule has 0 radical (unpaired) electrons. The quantitative estimate of drug-likeness (QED) is 0.486. The van der Waals surface area contributed by atoms with E-state index in [-0.39, 0.29) is 30.3 Å². The van der Waals surface area contributed by atoms with Gasteiger partial charge in [0.15, 0.2) is 0 Å². The van der Waals surface area contributed by atoms with Gasteiger partial charge in [-0.05, 0) is 45.0 Å². The van der Waals surface area contributed by atoms with Crippen molar-refractivity contribution < 1.29 is 9.59 Å². The zero-order valence-corrected chi connectivity index (χ0v) is 19.0. The maximum Gasteiger partial charge on any atom is 0.256 e. The lowest BCUT2D eigenvalue weighted by Crippen LogP contribution is -2.55. The van der Waals surface area contributed by atoms with Crippen molar-refractivity contribution in [2.45, 2.75) is 26.8 Å². The fourth-order valence-corrected chi connectivity index (χ4v) is 4.42. The third kappa shape index (κ3) is 3.60. The highest BCUT2D eigenvalue weighted by molar-refractivity contribution is 6.06. The van der Waals surface area contributed by atoms with Crippen molar-refractivity contribution in [2.75, 3.05) is 19.6 Å². The molecule has 2 amide bonds. The van der Waals surface area contributed by atoms with Gasteiger partial charge in [-0.15, -0.1) is 12.4 Å². The van der Waals surface area contributed by atoms with E-state index < -0.39 is 0 Å². The van der Waals surface area contributed by atoms with E-state index in [0.717, 1.165) is 22.7 Å². The monoisotopic (exact) mass is 452 g/mol. The number of nitrogens with one attached hydrogen (secondary N) is 2. The highest BCUT2D eigenvalue weighted by Gasteiger charge is 2.32. The zero-order chi connectivity index (χ0) is 21.7. The third-order valence-electron chi connectivity index (χ3n) is 5.90. The van der Waals surface area contributed by atoms with Crippen LogP contribution in [-0.2, 0) is 0 Å². The zero-order valence-electron chi connectivity index (χ0n) is 18.2. The maximum atomic E-state index is 13.3. The molecule has 8 nitrogen and oxygen atoms in total. The van der Waals surface area contributed by atoms with E-state index in [1.165, 1.54) is 0 Å². The normalized spacial score (nSPS) is 16.4. The minimum atomic E-state index is -0.111. The number of aromatic amines is 2. The molecule has 1 fully saturated rings. The van der Waals surface area contributed by atoms with Crippen molar-refractivity contribution in [3.05, 3.63) is 59.2 Å². The summed E-state index contributed by atoms with van der Waals surface area (Å²) in [6.07, 6.45) is 0. The van der Waals surface area contributed by atoms with Gasteiger partial charge in [0.05, 0.1) is 22.2 Å². The molecule has 0 saturated carbocycles. The van der Waals surface area contributed by atoms with E-state index in [1.807, 2.05) is 67.0 Å². The maximum absolute atomic E-state index is 13.3. The van der Waals surface area contributed by atoms with Crippen molar-refractivity contribution in [2.24, 2.45) is 0 Å². The number of amides is 2. The van der Waals surface area contributed by atoms with Gasteiger partial charge >= 0.3 is 0 Å². The first-order chi connectivity index (χ1) is 14.9. The number of nitrogens with zero attached hydrogens (tertiary/aromatic N) is 4. The first-order valence-corrected chi connectivity index (χ1v) is 10.4. The van der Waals surface area contributed by atoms with Gasteiger partial charge in [-0.2, -0.15) is 0 Å². The Morgan fingerprint density at radius 2 is 1.41 bits per heavy atom. The summed E-state index contributed by atoms with van der Waals surface area (Å²) in [6.45, 7) is 7.16. The minimum absolute atomic E-state index is 0. The number of carbonyl (C=O) groups is 2. The summed E-state index contributed by atoms with van der Waals surface area (Å²) in [5, 5.41) is 0. The average molecular weight is 453 g/mol. The molecule has 0 bridgehead atoms. The molecule has 2 aromatic carbocycles. The number of fused-ring (bicyclic) bond motifs is 2. The van der Waals surface area contributed by atoms with Crippen LogP contribution in [0.2, 0.25) is 0 Å². The van der Waals surface area contributed by atoms with Crippen LogP contribution < -0.4 is 0 Å². The largest absolute Gasteiger partial charge is 0.342 e. The Balaban J connectivity index is 0.00000245. The molecule has 1 aliphatic rings. The van der Waals surface area contributed by atoms with E-state index >= 15 is 0 Å². The highest BCUT2D eigenvalue weighted by atomic mass is 35.5. The number of piperazine rings is 1. The van der Waals surface area contributed by atoms with E-state index in [4.69, 9.17) is 0 Å². The fourth-order valence-electron chi connectivity index (χ4n) is 4.42. The molecule has 3 heterocycles. The average Bonchev–Trinajstić information content (AvgIpc) is 3.32. The van der Waals surface area contributed by atoms with Gasteiger partial charge in [0.2, 0.25) is 0 Å². The summed E-state index contributed by atoms with van der Waals surface area (Å²) in [4.78, 5) is 45.5. The Bertz CT molecular complexity index is 1330. The number of carbonyl (C=O) groups excluding carboxylic acids is 2. The van der Waals surface area contributed by atoms with Crippen molar-refractivity contribution in [1.29, 1.82) is 0 Å². The van der Waals surface area contributed by atoms with Crippen LogP contribution in [0.5, 0.6) is 0 Å². The molecule has 2 aromatic heterocycles. The Hall–Kier alpha value is -3.39. The molecule has 1 aliphatic heterocycles. The predicted octanol–water partition coefficient (Wildman–Crippen LogP) is 3.46. The Morgan fingerprint density at radius 3 is 1.94 bits per heavy atom. The number of aryl methyl sites for hydroxylation is 2. The second kappa shape index (κ2) is 8.27. The van der Waals surface area contributed by atoms with Gasteiger partial charge in [-0.3, -0.25) is 9.59 Å². The van der Waals surface area contributed by atoms with Crippen LogP contribution in [0.25, 0.3) is 22.1 Å². The molecule has 4 aromatic rings. The van der Waals surface area contributed by atoms with Gasteiger partial charge in [0.25, 0.3) is 11.8 Å². The van der Waals surface area contributed by atoms with E-state index in [1.54, 1.807) is 0 Å². The number of hydrogen-bond donors (Lipinski definition) is 2. The van der Waals surface area contributed by atoms with Gasteiger partial charge in [-0.1, -0.05) is 12.1 Å². The summed E-state index contributed by atoms with van der Waals surface area (Å²) in [7, 11) is 0. The molecule has 32 heavy (non-hydrogen) atoms. The highest BCUT2D eigenvalue weighted by Crippen LogP contribution is 2.23. The Labute approximate surface area is 191 Å². The molecule has 1 atom stereocenters. The van der Waals surface area contributed by atoms with E-state index in [9.17, 15) is 9.59 Å². The molecular weight excluding hydrogens is 428 g/mol. The van der Waals surface area contributed by atoms with Crippen LogP contribution >= 0.6 is 12.4 Å². The van der Waals surface area contributed by atoms with E-state index in [0.29, 0.717) is 41.8 Å². The first kappa shape index (κ1) is 21.8. The summed E-state index contributed by atoms with van der Waals surface area (Å²) in [6, 6.07) is 11.1. The lowest BCUT2D eigenvalue weighted by molar-refractivity contribution is 0.0416. The predicted molar refractivity (Wildman–Crippen MR) is 125 cm³/mol.